The van der Waals surface area contributed by atoms with Crippen molar-refractivity contribution in [2.24, 2.45) is 0 Å². The lowest BCUT2D eigenvalue weighted by Gasteiger charge is -2.08. The summed E-state index contributed by atoms with van der Waals surface area (Å²) in [5.74, 6) is 1.82. The maximum absolute atomic E-state index is 6.87. The van der Waals surface area contributed by atoms with Crippen LogP contribution < -0.4 is 0 Å². The molecule has 9 aromatic heterocycles. The Balaban J connectivity index is 0.0000000964. The van der Waals surface area contributed by atoms with E-state index < -0.39 is 0 Å². The third-order valence-electron chi connectivity index (χ3n) is 24.0. The van der Waals surface area contributed by atoms with Gasteiger partial charge in [0.05, 0.1) is 54.4 Å². The van der Waals surface area contributed by atoms with Gasteiger partial charge in [0.2, 0.25) is 11.4 Å². The van der Waals surface area contributed by atoms with Gasteiger partial charge in [-0.3, -0.25) is 0 Å². The molecule has 0 radical (unpaired) electrons. The summed E-state index contributed by atoms with van der Waals surface area (Å²) in [6.07, 6.45) is 0. The first-order chi connectivity index (χ1) is 63.1. The number of rotatable bonds is 7. The average molecular weight is 1800 g/mol. The second-order valence-electron chi connectivity index (χ2n) is 31.6. The van der Waals surface area contributed by atoms with Crippen LogP contribution in [-0.2, 0) is 0 Å². The molecule has 0 atom stereocenters. The van der Waals surface area contributed by atoms with Gasteiger partial charge in [0.15, 0.2) is 22.6 Å². The summed E-state index contributed by atoms with van der Waals surface area (Å²) in [6.45, 7) is 0. The van der Waals surface area contributed by atoms with Crippen LogP contribution >= 0.6 is 73.4 Å². The zero-order chi connectivity index (χ0) is 85.2. The quantitative estimate of drug-likeness (QED) is 0.145. The Morgan fingerprint density at radius 1 is 0.258 bits per heavy atom. The van der Waals surface area contributed by atoms with Gasteiger partial charge in [0.25, 0.3) is 0 Å². The van der Waals surface area contributed by atoms with Gasteiger partial charge >= 0.3 is 0 Å². The standard InChI is InChI=1S/C36H20ClN3S.C28H16BrNS.C26H15ClN2O.C22H13ClN2O/c37-35-34-33(32-26-13-7-5-9-22(26)16-19-30(32)41-34)38-36(39-35)23-15-17-28-27(20-23)31-25-12-6-4-8-21(25)14-18-29(31)40(28)24-10-2-1-3-11-24;29-18-11-13-25-24(15-18)23-14-17-10-12-21-20-8-4-5-9-27(20)31-28(21)22(17)16-26(23)30(25)19-6-2-1-3-7-19;27-20-9-5-8-19(15-20)25-28-24(18-13-12-16-6-1-2-7-17(16)14-18)23-21-10-3-4-11-22(21)30-26(23)29-25;23-16-10-6-9-15(13-16)21-24-20(14-7-2-1-3-8-14)19-17-11-4-5-12-18(17)26-22(19)25-21/h1-20H;1-16H;1-15H;1-13H. The van der Waals surface area contributed by atoms with E-state index in [4.69, 9.17) is 68.6 Å². The first-order valence-electron chi connectivity index (χ1n) is 41.9. The average Bonchev–Trinajstić information content (AvgIpc) is 1.58. The van der Waals surface area contributed by atoms with E-state index in [1.807, 2.05) is 151 Å². The molecule has 0 aliphatic rings. The van der Waals surface area contributed by atoms with Crippen LogP contribution in [0.25, 0.3) is 239 Å². The number of furan rings is 2. The van der Waals surface area contributed by atoms with E-state index in [1.54, 1.807) is 11.3 Å². The number of aromatic nitrogens is 8. The third kappa shape index (κ3) is 13.4. The zero-order valence-corrected chi connectivity index (χ0v) is 73.2. The molecule has 0 unspecified atom stereocenters. The number of fused-ring (bicyclic) bond motifs is 25. The summed E-state index contributed by atoms with van der Waals surface area (Å²) >= 11 is 26.5. The molecule has 0 N–H and O–H groups in total. The van der Waals surface area contributed by atoms with Gasteiger partial charge in [-0.1, -0.05) is 306 Å². The van der Waals surface area contributed by atoms with E-state index in [9.17, 15) is 0 Å². The van der Waals surface area contributed by atoms with Gasteiger partial charge in [-0.2, -0.15) is 9.97 Å². The highest BCUT2D eigenvalue weighted by Gasteiger charge is 2.25. The van der Waals surface area contributed by atoms with Crippen LogP contribution in [0.2, 0.25) is 15.2 Å². The van der Waals surface area contributed by atoms with Crippen molar-refractivity contribution in [1.29, 1.82) is 0 Å². The summed E-state index contributed by atoms with van der Waals surface area (Å²) in [5, 5.41) is 24.2. The van der Waals surface area contributed by atoms with Crippen LogP contribution in [0.3, 0.4) is 0 Å². The predicted octanol–water partition coefficient (Wildman–Crippen LogP) is 33.5. The second kappa shape index (κ2) is 31.7. The summed E-state index contributed by atoms with van der Waals surface area (Å²) in [4.78, 5) is 29.3. The van der Waals surface area contributed by atoms with Crippen molar-refractivity contribution in [3.63, 3.8) is 0 Å². The molecular weight excluding hydrogens is 1740 g/mol. The highest BCUT2D eigenvalue weighted by Crippen LogP contribution is 2.47. The van der Waals surface area contributed by atoms with Gasteiger partial charge < -0.3 is 18.0 Å². The molecule has 18 aromatic carbocycles. The lowest BCUT2D eigenvalue weighted by molar-refractivity contribution is 0.653. The SMILES string of the molecule is Brc1ccc2c(c1)c1cc3ccc4c5ccccc5sc4c3cc1n2-c1ccccc1.Clc1cccc(-c2nc(-c3ccc4ccccc4c3)c3c(n2)oc2ccccc23)c1.Clc1cccc(-c2nc(-c3ccccc3)c3c(n2)oc2ccccc23)c1.Clc1nc(-c2ccc3c(c2)c2c4ccccc4ccc2n3-c2ccccc2)nc2c1sc1ccc3ccccc3c12. The Labute approximate surface area is 762 Å². The van der Waals surface area contributed by atoms with Crippen LogP contribution in [0.15, 0.2) is 402 Å². The lowest BCUT2D eigenvalue weighted by Crippen LogP contribution is -1.94. The number of halogens is 4. The van der Waals surface area contributed by atoms with Crippen molar-refractivity contribution < 1.29 is 8.83 Å². The normalized spacial score (nSPS) is 11.8. The third-order valence-corrected chi connectivity index (χ3v) is 27.7. The van der Waals surface area contributed by atoms with Gasteiger partial charge in [0, 0.05) is 122 Å². The van der Waals surface area contributed by atoms with Crippen molar-refractivity contribution in [2.45, 2.75) is 0 Å². The minimum absolute atomic E-state index is 0.493. The van der Waals surface area contributed by atoms with Crippen molar-refractivity contribution in [3.8, 4) is 68.1 Å². The molecule has 0 saturated heterocycles. The lowest BCUT2D eigenvalue weighted by atomic mass is 10.0. The molecule has 128 heavy (non-hydrogen) atoms. The van der Waals surface area contributed by atoms with E-state index in [1.165, 1.54) is 112 Å². The van der Waals surface area contributed by atoms with Crippen molar-refractivity contribution in [2.75, 3.05) is 0 Å². The molecule has 604 valence electrons. The Morgan fingerprint density at radius 2 is 0.742 bits per heavy atom. The Morgan fingerprint density at radius 3 is 1.41 bits per heavy atom. The largest absolute Gasteiger partial charge is 0.438 e. The summed E-state index contributed by atoms with van der Waals surface area (Å²) < 4.78 is 22.8. The maximum Gasteiger partial charge on any atom is 0.231 e. The van der Waals surface area contributed by atoms with E-state index in [2.05, 4.69) is 279 Å². The van der Waals surface area contributed by atoms with Crippen LogP contribution in [0.4, 0.5) is 0 Å². The van der Waals surface area contributed by atoms with Gasteiger partial charge in [-0.05, 0) is 171 Å². The fourth-order valence-electron chi connectivity index (χ4n) is 18.2. The number of para-hydroxylation sites is 4. The summed E-state index contributed by atoms with van der Waals surface area (Å²) in [6, 6.07) is 134. The number of benzene rings is 18. The molecule has 10 nitrogen and oxygen atoms in total. The highest BCUT2D eigenvalue weighted by atomic mass is 79.9. The topological polar surface area (TPSA) is 113 Å². The van der Waals surface area contributed by atoms with E-state index in [0.717, 1.165) is 103 Å². The monoisotopic (exact) mass is 1800 g/mol. The van der Waals surface area contributed by atoms with Crippen molar-refractivity contribution >= 4 is 245 Å². The molecule has 0 aliphatic carbocycles. The molecule has 27 aromatic rings. The van der Waals surface area contributed by atoms with Gasteiger partial charge in [-0.15, -0.1) is 22.7 Å². The number of hydrogen-bond acceptors (Lipinski definition) is 10. The number of nitrogens with zero attached hydrogens (tertiary/aromatic N) is 8. The fraction of sp³-hybridized carbons (Fsp3) is 0. The van der Waals surface area contributed by atoms with Crippen molar-refractivity contribution in [1.82, 2.24) is 39.0 Å². The van der Waals surface area contributed by atoms with E-state index in [0.29, 0.717) is 44.1 Å². The molecule has 0 aliphatic heterocycles. The van der Waals surface area contributed by atoms with Crippen LogP contribution in [0, 0.1) is 0 Å². The summed E-state index contributed by atoms with van der Waals surface area (Å²) in [7, 11) is 0. The molecule has 27 rings (SSSR count). The molecule has 0 spiro atoms. The highest BCUT2D eigenvalue weighted by molar-refractivity contribution is 9.10. The first kappa shape index (κ1) is 76.8. The van der Waals surface area contributed by atoms with Gasteiger partial charge in [-0.25, -0.2) is 19.9 Å². The first-order valence-corrected chi connectivity index (χ1v) is 45.4. The minimum atomic E-state index is 0.493. The summed E-state index contributed by atoms with van der Waals surface area (Å²) in [5.41, 5.74) is 17.2. The van der Waals surface area contributed by atoms with E-state index in [-0.39, 0.29) is 0 Å². The van der Waals surface area contributed by atoms with Crippen molar-refractivity contribution in [3.05, 3.63) is 408 Å². The zero-order valence-electron chi connectivity index (χ0n) is 67.7. The van der Waals surface area contributed by atoms with Crippen LogP contribution in [0.5, 0.6) is 0 Å². The molecule has 0 saturated carbocycles. The molecule has 0 fully saturated rings. The molecular formula is C112H64BrCl3N8O2S2. The van der Waals surface area contributed by atoms with E-state index >= 15 is 0 Å². The maximum atomic E-state index is 6.87. The predicted molar refractivity (Wildman–Crippen MR) is 541 cm³/mol. The minimum Gasteiger partial charge on any atom is -0.438 e. The van der Waals surface area contributed by atoms with Gasteiger partial charge in [0.1, 0.15) is 11.2 Å². The smallest absolute Gasteiger partial charge is 0.231 e. The van der Waals surface area contributed by atoms with Crippen LogP contribution in [-0.4, -0.2) is 39.0 Å². The molecule has 9 heterocycles. The van der Waals surface area contributed by atoms with Crippen LogP contribution in [0.1, 0.15) is 0 Å². The fourth-order valence-corrected chi connectivity index (χ4v) is 21.5. The molecule has 16 heteroatoms. The molecule has 0 amide bonds. The second-order valence-corrected chi connectivity index (χ2v) is 35.9. The Kier molecular flexibility index (Phi) is 19.0. The Hall–Kier alpha value is -14.8. The number of hydrogen-bond donors (Lipinski definition) is 0. The molecule has 0 bridgehead atoms. The number of thiophene rings is 2. The Bertz CT molecular complexity index is 9190.